The topological polar surface area (TPSA) is 112 Å². The molecule has 9 heteroatoms. The molecule has 218 valence electrons. The normalized spacial score (nSPS) is 17.6. The molecule has 1 aliphatic carbocycles. The van der Waals surface area contributed by atoms with E-state index in [1.807, 2.05) is 0 Å². The molecule has 1 aromatic heterocycles. The van der Waals surface area contributed by atoms with Crippen LogP contribution in [0.1, 0.15) is 70.2 Å². The van der Waals surface area contributed by atoms with Crippen LogP contribution >= 0.6 is 0 Å². The number of carboxylic acid groups (broad SMARTS) is 1. The summed E-state index contributed by atoms with van der Waals surface area (Å²) in [7, 11) is -3.02. The Morgan fingerprint density at radius 3 is 2.51 bits per heavy atom. The molecular weight excluding hydrogens is 542 g/mol. The molecule has 0 saturated heterocycles. The van der Waals surface area contributed by atoms with E-state index in [1.165, 1.54) is 22.9 Å². The Hall–Kier alpha value is -3.59. The molecule has 5 rings (SSSR count). The Morgan fingerprint density at radius 2 is 1.83 bits per heavy atom. The second kappa shape index (κ2) is 11.4. The summed E-state index contributed by atoms with van der Waals surface area (Å²) in [6.45, 7) is 9.06. The lowest BCUT2D eigenvalue weighted by atomic mass is 9.86. The monoisotopic (exact) mass is 579 g/mol. The third-order valence-corrected chi connectivity index (χ3v) is 9.41. The lowest BCUT2D eigenvalue weighted by molar-refractivity contribution is -0.137. The molecule has 1 unspecified atom stereocenters. The van der Waals surface area contributed by atoms with Crippen molar-refractivity contribution in [1.82, 2.24) is 4.98 Å². The van der Waals surface area contributed by atoms with E-state index >= 15 is 0 Å². The van der Waals surface area contributed by atoms with E-state index in [1.54, 1.807) is 12.3 Å². The lowest BCUT2D eigenvalue weighted by Crippen LogP contribution is -2.10. The van der Waals surface area contributed by atoms with Crippen LogP contribution in [-0.2, 0) is 21.1 Å². The summed E-state index contributed by atoms with van der Waals surface area (Å²) >= 11 is 0. The molecule has 1 aliphatic heterocycles. The first-order valence-electron chi connectivity index (χ1n) is 14.0. The molecule has 41 heavy (non-hydrogen) atoms. The lowest BCUT2D eigenvalue weighted by Gasteiger charge is -2.23. The highest BCUT2D eigenvalue weighted by Crippen LogP contribution is 2.45. The Labute approximate surface area is 241 Å². The zero-order valence-electron chi connectivity index (χ0n) is 24.2. The minimum absolute atomic E-state index is 0.0156. The summed E-state index contributed by atoms with van der Waals surface area (Å²) in [6, 6.07) is 8.14. The van der Waals surface area contributed by atoms with Crippen LogP contribution in [0.15, 0.2) is 30.5 Å². The van der Waals surface area contributed by atoms with Crippen LogP contribution in [0.25, 0.3) is 11.1 Å². The van der Waals surface area contributed by atoms with E-state index in [0.717, 1.165) is 52.0 Å². The van der Waals surface area contributed by atoms with Gasteiger partial charge in [-0.15, -0.1) is 0 Å². The maximum Gasteiger partial charge on any atom is 0.304 e. The summed E-state index contributed by atoms with van der Waals surface area (Å²) in [5.74, 6) is 1.01. The SMILES string of the molecule is Cc1c(C)c(-c2cccc3c2CCC3Oc2cc3c(cn2)[C@H](CC(=O)O)CO3)c(C)c(C)c1OCCCS(C)(=O)=O. The number of sulfone groups is 1. The van der Waals surface area contributed by atoms with Gasteiger partial charge in [-0.1, -0.05) is 18.2 Å². The van der Waals surface area contributed by atoms with Crippen molar-refractivity contribution >= 4 is 15.8 Å². The number of ether oxygens (including phenoxy) is 3. The Bertz CT molecular complexity index is 1580. The van der Waals surface area contributed by atoms with Crippen molar-refractivity contribution < 1.29 is 32.5 Å². The molecular formula is C32H37NO7S. The standard InChI is InChI=1S/C32H37NO7S/c1-18-20(3)32(38-12-7-13-41(5,36)37)21(4)19(2)31(18)25-9-6-8-24-23(25)10-11-27(24)40-29-15-28-26(16-33-29)22(17-39-28)14-30(34)35/h6,8-9,15-16,22,27H,7,10-14,17H2,1-5H3,(H,34,35)/t22-,27?/m1/s1. The average Bonchev–Trinajstić information content (AvgIpc) is 3.50. The summed E-state index contributed by atoms with van der Waals surface area (Å²) < 4.78 is 41.2. The second-order valence-electron chi connectivity index (χ2n) is 11.2. The molecule has 0 amide bonds. The molecule has 1 N–H and O–H groups in total. The number of carbonyl (C=O) groups is 1. The predicted octanol–water partition coefficient (Wildman–Crippen LogP) is 5.81. The fourth-order valence-electron chi connectivity index (χ4n) is 6.10. The average molecular weight is 580 g/mol. The Morgan fingerprint density at radius 1 is 1.10 bits per heavy atom. The number of benzene rings is 2. The molecule has 3 aromatic rings. The molecule has 2 heterocycles. The van der Waals surface area contributed by atoms with Gasteiger partial charge in [-0.2, -0.15) is 0 Å². The van der Waals surface area contributed by atoms with Crippen LogP contribution in [-0.4, -0.2) is 49.7 Å². The van der Waals surface area contributed by atoms with E-state index in [2.05, 4.69) is 50.9 Å². The summed E-state index contributed by atoms with van der Waals surface area (Å²) in [5.41, 5.74) is 10.1. The predicted molar refractivity (Wildman–Crippen MR) is 157 cm³/mol. The van der Waals surface area contributed by atoms with Crippen molar-refractivity contribution in [3.8, 4) is 28.5 Å². The summed E-state index contributed by atoms with van der Waals surface area (Å²) in [4.78, 5) is 15.7. The van der Waals surface area contributed by atoms with Crippen molar-refractivity contribution in [2.75, 3.05) is 25.2 Å². The highest BCUT2D eigenvalue weighted by atomic mass is 32.2. The molecule has 0 radical (unpaired) electrons. The van der Waals surface area contributed by atoms with Crippen molar-refractivity contribution in [2.24, 2.45) is 0 Å². The number of aromatic nitrogens is 1. The van der Waals surface area contributed by atoms with E-state index < -0.39 is 15.8 Å². The first kappa shape index (κ1) is 28.9. The third-order valence-electron chi connectivity index (χ3n) is 8.38. The third kappa shape index (κ3) is 5.91. The number of aliphatic carboxylic acids is 1. The van der Waals surface area contributed by atoms with E-state index in [9.17, 15) is 13.2 Å². The van der Waals surface area contributed by atoms with Crippen LogP contribution in [0.3, 0.4) is 0 Å². The van der Waals surface area contributed by atoms with Gasteiger partial charge in [0.25, 0.3) is 0 Å². The Balaban J connectivity index is 1.39. The maximum atomic E-state index is 11.5. The highest BCUT2D eigenvalue weighted by molar-refractivity contribution is 7.90. The molecule has 2 aliphatic rings. The van der Waals surface area contributed by atoms with Gasteiger partial charge in [0.1, 0.15) is 27.4 Å². The molecule has 2 atom stereocenters. The molecule has 8 nitrogen and oxygen atoms in total. The van der Waals surface area contributed by atoms with Gasteiger partial charge in [-0.25, -0.2) is 13.4 Å². The number of carboxylic acids is 1. The fraction of sp³-hybridized carbons (Fsp3) is 0.438. The second-order valence-corrected chi connectivity index (χ2v) is 13.5. The van der Waals surface area contributed by atoms with Gasteiger partial charge in [0.15, 0.2) is 0 Å². The Kier molecular flexibility index (Phi) is 8.01. The van der Waals surface area contributed by atoms with Gasteiger partial charge >= 0.3 is 5.97 Å². The fourth-order valence-corrected chi connectivity index (χ4v) is 6.74. The summed E-state index contributed by atoms with van der Waals surface area (Å²) in [6.07, 6.45) is 4.95. The van der Waals surface area contributed by atoms with Gasteiger partial charge in [0, 0.05) is 30.0 Å². The van der Waals surface area contributed by atoms with Crippen LogP contribution < -0.4 is 14.2 Å². The van der Waals surface area contributed by atoms with Crippen LogP contribution in [0.4, 0.5) is 0 Å². The largest absolute Gasteiger partial charge is 0.493 e. The number of hydrogen-bond donors (Lipinski definition) is 1. The molecule has 0 bridgehead atoms. The quantitative estimate of drug-likeness (QED) is 0.300. The molecule has 0 spiro atoms. The molecule has 0 saturated carbocycles. The van der Waals surface area contributed by atoms with Gasteiger partial charge in [0.2, 0.25) is 5.88 Å². The number of fused-ring (bicyclic) bond motifs is 2. The maximum absolute atomic E-state index is 11.5. The van der Waals surface area contributed by atoms with Crippen molar-refractivity contribution in [1.29, 1.82) is 0 Å². The van der Waals surface area contributed by atoms with E-state index in [4.69, 9.17) is 19.3 Å². The van der Waals surface area contributed by atoms with E-state index in [0.29, 0.717) is 31.3 Å². The summed E-state index contributed by atoms with van der Waals surface area (Å²) in [5, 5.41) is 9.16. The number of hydrogen-bond acceptors (Lipinski definition) is 7. The first-order valence-corrected chi connectivity index (χ1v) is 16.0. The van der Waals surface area contributed by atoms with Gasteiger partial charge in [-0.3, -0.25) is 4.79 Å². The van der Waals surface area contributed by atoms with Crippen molar-refractivity contribution in [3.05, 3.63) is 69.4 Å². The smallest absolute Gasteiger partial charge is 0.304 e. The number of rotatable bonds is 10. The zero-order valence-corrected chi connectivity index (χ0v) is 25.1. The number of nitrogens with zero attached hydrogens (tertiary/aromatic N) is 1. The highest BCUT2D eigenvalue weighted by Gasteiger charge is 2.31. The van der Waals surface area contributed by atoms with E-state index in [-0.39, 0.29) is 24.2 Å². The van der Waals surface area contributed by atoms with Crippen molar-refractivity contribution in [2.45, 2.75) is 65.4 Å². The minimum atomic E-state index is -3.02. The van der Waals surface area contributed by atoms with Crippen LogP contribution in [0, 0.1) is 27.7 Å². The molecule has 0 fully saturated rings. The first-order chi connectivity index (χ1) is 19.4. The number of pyridine rings is 1. The van der Waals surface area contributed by atoms with Crippen LogP contribution in [0.5, 0.6) is 17.4 Å². The van der Waals surface area contributed by atoms with Crippen LogP contribution in [0.2, 0.25) is 0 Å². The zero-order chi connectivity index (χ0) is 29.5. The van der Waals surface area contributed by atoms with Crippen molar-refractivity contribution in [3.63, 3.8) is 0 Å². The van der Waals surface area contributed by atoms with Gasteiger partial charge < -0.3 is 19.3 Å². The minimum Gasteiger partial charge on any atom is -0.493 e. The van der Waals surface area contributed by atoms with Gasteiger partial charge in [0.05, 0.1) is 25.4 Å². The van der Waals surface area contributed by atoms with Gasteiger partial charge in [-0.05, 0) is 91.5 Å². The molecule has 2 aromatic carbocycles.